The van der Waals surface area contributed by atoms with E-state index in [0.717, 1.165) is 17.9 Å². The van der Waals surface area contributed by atoms with E-state index in [1.54, 1.807) is 0 Å². The van der Waals surface area contributed by atoms with Gasteiger partial charge in [0.15, 0.2) is 0 Å². The molecular formula is C13H26N+. The highest BCUT2D eigenvalue weighted by Gasteiger charge is 2.42. The fourth-order valence-electron chi connectivity index (χ4n) is 3.69. The van der Waals surface area contributed by atoms with Crippen LogP contribution in [0, 0.1) is 11.8 Å². The first-order valence-electron chi connectivity index (χ1n) is 6.50. The first-order valence-corrected chi connectivity index (χ1v) is 6.50. The third-order valence-corrected chi connectivity index (χ3v) is 4.98. The second-order valence-electron chi connectivity index (χ2n) is 5.95. The zero-order valence-electron chi connectivity index (χ0n) is 10.1. The van der Waals surface area contributed by atoms with E-state index in [9.17, 15) is 0 Å². The molecule has 0 aromatic carbocycles. The van der Waals surface area contributed by atoms with E-state index in [0.29, 0.717) is 0 Å². The zero-order valence-corrected chi connectivity index (χ0v) is 10.1. The van der Waals surface area contributed by atoms with Crippen molar-refractivity contribution < 1.29 is 4.48 Å². The van der Waals surface area contributed by atoms with Crippen molar-refractivity contribution in [2.45, 2.75) is 52.5 Å². The highest BCUT2D eigenvalue weighted by atomic mass is 15.4. The maximum atomic E-state index is 2.49. The largest absolute Gasteiger partial charge is 0.321 e. The van der Waals surface area contributed by atoms with Gasteiger partial charge in [0.2, 0.25) is 0 Å². The molecule has 0 bridgehead atoms. The normalized spacial score (nSPS) is 42.6. The number of rotatable bonds is 0. The van der Waals surface area contributed by atoms with Crippen LogP contribution in [0.2, 0.25) is 0 Å². The van der Waals surface area contributed by atoms with Crippen molar-refractivity contribution in [3.05, 3.63) is 0 Å². The van der Waals surface area contributed by atoms with Gasteiger partial charge in [-0.1, -0.05) is 13.8 Å². The topological polar surface area (TPSA) is 0 Å². The molecule has 2 saturated heterocycles. The van der Waals surface area contributed by atoms with Crippen LogP contribution in [0.5, 0.6) is 0 Å². The van der Waals surface area contributed by atoms with E-state index in [4.69, 9.17) is 0 Å². The molecule has 1 unspecified atom stereocenters. The van der Waals surface area contributed by atoms with E-state index in [2.05, 4.69) is 20.8 Å². The van der Waals surface area contributed by atoms with Gasteiger partial charge in [0.25, 0.3) is 0 Å². The summed E-state index contributed by atoms with van der Waals surface area (Å²) in [5, 5.41) is 0. The lowest BCUT2D eigenvalue weighted by molar-refractivity contribution is -0.962. The Morgan fingerprint density at radius 2 is 1.50 bits per heavy atom. The van der Waals surface area contributed by atoms with E-state index >= 15 is 0 Å². The molecule has 0 N–H and O–H groups in total. The third kappa shape index (κ3) is 1.71. The Morgan fingerprint density at radius 1 is 0.857 bits per heavy atom. The lowest BCUT2D eigenvalue weighted by Gasteiger charge is -2.52. The molecule has 0 saturated carbocycles. The van der Waals surface area contributed by atoms with Crippen molar-refractivity contribution in [3.63, 3.8) is 0 Å². The van der Waals surface area contributed by atoms with Crippen LogP contribution in [0.4, 0.5) is 0 Å². The molecule has 1 nitrogen and oxygen atoms in total. The Morgan fingerprint density at radius 3 is 2.14 bits per heavy atom. The SMILES string of the molecule is CC1C[N+]2(CCCCC2)[C@@H](C)C[C@@H]1C. The molecule has 1 spiro atoms. The average molecular weight is 196 g/mol. The molecule has 2 rings (SSSR count). The minimum atomic E-state index is 0.932. The van der Waals surface area contributed by atoms with Crippen LogP contribution in [0.15, 0.2) is 0 Å². The lowest BCUT2D eigenvalue weighted by atomic mass is 9.81. The maximum absolute atomic E-state index is 2.49. The monoisotopic (exact) mass is 196 g/mol. The van der Waals surface area contributed by atoms with Gasteiger partial charge in [0, 0.05) is 12.3 Å². The molecule has 14 heavy (non-hydrogen) atoms. The average Bonchev–Trinajstić information content (AvgIpc) is 2.17. The van der Waals surface area contributed by atoms with Crippen molar-refractivity contribution in [1.29, 1.82) is 0 Å². The van der Waals surface area contributed by atoms with Gasteiger partial charge in [-0.05, 0) is 32.1 Å². The summed E-state index contributed by atoms with van der Waals surface area (Å²) in [4.78, 5) is 0. The quantitative estimate of drug-likeness (QED) is 0.522. The molecule has 1 heteroatoms. The summed E-state index contributed by atoms with van der Waals surface area (Å²) in [7, 11) is 0. The predicted octanol–water partition coefficient (Wildman–Crippen LogP) is 3.05. The summed E-state index contributed by atoms with van der Waals surface area (Å²) in [6.45, 7) is 11.8. The number of piperidine rings is 2. The van der Waals surface area contributed by atoms with Crippen LogP contribution in [-0.4, -0.2) is 30.2 Å². The van der Waals surface area contributed by atoms with Crippen molar-refractivity contribution in [2.24, 2.45) is 11.8 Å². The molecule has 2 fully saturated rings. The Labute approximate surface area is 89.1 Å². The first kappa shape index (κ1) is 10.5. The fourth-order valence-corrected chi connectivity index (χ4v) is 3.69. The van der Waals surface area contributed by atoms with Gasteiger partial charge < -0.3 is 4.48 Å². The molecular weight excluding hydrogens is 170 g/mol. The van der Waals surface area contributed by atoms with Gasteiger partial charge >= 0.3 is 0 Å². The Kier molecular flexibility index (Phi) is 2.88. The molecule has 0 aromatic heterocycles. The first-order chi connectivity index (χ1) is 6.64. The molecule has 3 atom stereocenters. The van der Waals surface area contributed by atoms with E-state index < -0.39 is 0 Å². The fraction of sp³-hybridized carbons (Fsp3) is 1.00. The molecule has 0 aromatic rings. The minimum Gasteiger partial charge on any atom is -0.321 e. The summed E-state index contributed by atoms with van der Waals surface area (Å²) < 4.78 is 1.46. The standard InChI is InChI=1S/C13H26N/c1-11-9-13(3)14(10-12(11)2)7-5-4-6-8-14/h11-13H,4-10H2,1-3H3/q+1/t11-,12?,13-/m0/s1. The van der Waals surface area contributed by atoms with Crippen LogP contribution in [0.1, 0.15) is 46.5 Å². The van der Waals surface area contributed by atoms with Crippen molar-refractivity contribution in [2.75, 3.05) is 19.6 Å². The third-order valence-electron chi connectivity index (χ3n) is 4.98. The molecule has 2 aliphatic heterocycles. The molecule has 2 heterocycles. The van der Waals surface area contributed by atoms with Gasteiger partial charge in [-0.3, -0.25) is 0 Å². The molecule has 82 valence electrons. The highest BCUT2D eigenvalue weighted by Crippen LogP contribution is 2.35. The van der Waals surface area contributed by atoms with Gasteiger partial charge in [-0.25, -0.2) is 0 Å². The van der Waals surface area contributed by atoms with Gasteiger partial charge in [0.05, 0.1) is 25.7 Å². The second-order valence-corrected chi connectivity index (χ2v) is 5.95. The van der Waals surface area contributed by atoms with E-state index in [-0.39, 0.29) is 0 Å². The molecule has 0 radical (unpaired) electrons. The van der Waals surface area contributed by atoms with E-state index in [1.807, 2.05) is 0 Å². The van der Waals surface area contributed by atoms with Crippen molar-refractivity contribution >= 4 is 0 Å². The molecule has 0 amide bonds. The van der Waals surface area contributed by atoms with Gasteiger partial charge in [-0.15, -0.1) is 0 Å². The smallest absolute Gasteiger partial charge is 0.0864 e. The summed E-state index contributed by atoms with van der Waals surface area (Å²) in [6, 6.07) is 0.932. The predicted molar refractivity (Wildman–Crippen MR) is 61.1 cm³/mol. The zero-order chi connectivity index (χ0) is 10.2. The summed E-state index contributed by atoms with van der Waals surface area (Å²) in [5.74, 6) is 1.90. The minimum absolute atomic E-state index is 0.932. The summed E-state index contributed by atoms with van der Waals surface area (Å²) >= 11 is 0. The number of nitrogens with zero attached hydrogens (tertiary/aromatic N) is 1. The number of hydrogen-bond donors (Lipinski definition) is 0. The second kappa shape index (κ2) is 3.84. The van der Waals surface area contributed by atoms with Crippen molar-refractivity contribution in [1.82, 2.24) is 0 Å². The Balaban J connectivity index is 2.09. The van der Waals surface area contributed by atoms with E-state index in [1.165, 1.54) is 49.8 Å². The number of hydrogen-bond acceptors (Lipinski definition) is 0. The van der Waals surface area contributed by atoms with Crippen LogP contribution >= 0.6 is 0 Å². The molecule has 2 aliphatic rings. The molecule has 0 aliphatic carbocycles. The lowest BCUT2D eigenvalue weighted by Crippen LogP contribution is -2.62. The maximum Gasteiger partial charge on any atom is 0.0864 e. The Bertz CT molecular complexity index is 193. The summed E-state index contributed by atoms with van der Waals surface area (Å²) in [5.41, 5.74) is 0. The van der Waals surface area contributed by atoms with Crippen LogP contribution < -0.4 is 0 Å². The Hall–Kier alpha value is -0.0400. The van der Waals surface area contributed by atoms with Crippen LogP contribution in [-0.2, 0) is 0 Å². The highest BCUT2D eigenvalue weighted by molar-refractivity contribution is 4.74. The van der Waals surface area contributed by atoms with Gasteiger partial charge in [0.1, 0.15) is 0 Å². The van der Waals surface area contributed by atoms with Crippen molar-refractivity contribution in [3.8, 4) is 0 Å². The van der Waals surface area contributed by atoms with Crippen LogP contribution in [0.3, 0.4) is 0 Å². The van der Waals surface area contributed by atoms with Crippen LogP contribution in [0.25, 0.3) is 0 Å². The van der Waals surface area contributed by atoms with Gasteiger partial charge in [-0.2, -0.15) is 0 Å². The number of quaternary nitrogens is 1. The summed E-state index contributed by atoms with van der Waals surface area (Å²) in [6.07, 6.45) is 5.90.